The number of oxazole rings is 1. The fraction of sp³-hybridized carbons (Fsp3) is 0.515. The molecule has 3 heterocycles. The van der Waals surface area contributed by atoms with Gasteiger partial charge >= 0.3 is 6.09 Å². The van der Waals surface area contributed by atoms with E-state index in [9.17, 15) is 14.7 Å². The number of ether oxygens (including phenoxy) is 2. The van der Waals surface area contributed by atoms with Gasteiger partial charge in [0.05, 0.1) is 17.8 Å². The zero-order chi connectivity index (χ0) is 31.3. The third-order valence-corrected chi connectivity index (χ3v) is 8.09. The molecule has 1 fully saturated rings. The van der Waals surface area contributed by atoms with Crippen LogP contribution in [-0.4, -0.2) is 62.3 Å². The molecular weight excluding hydrogens is 562 g/mol. The lowest BCUT2D eigenvalue weighted by molar-refractivity contribution is -0.0113. The number of anilines is 1. The number of aliphatic hydroxyl groups excluding tert-OH is 1. The highest BCUT2D eigenvalue weighted by Gasteiger charge is 2.37. The summed E-state index contributed by atoms with van der Waals surface area (Å²) < 4.78 is 17.0. The summed E-state index contributed by atoms with van der Waals surface area (Å²) in [5.74, 6) is 1.63. The fourth-order valence-electron chi connectivity index (χ4n) is 5.69. The molecule has 0 saturated heterocycles. The quantitative estimate of drug-likeness (QED) is 0.302. The van der Waals surface area contributed by atoms with Crippen molar-refractivity contribution in [3.8, 4) is 5.75 Å². The largest absolute Gasteiger partial charge is 0.486 e. The van der Waals surface area contributed by atoms with Crippen LogP contribution in [0.2, 0.25) is 0 Å². The molecule has 2 amide bonds. The van der Waals surface area contributed by atoms with Crippen molar-refractivity contribution in [2.24, 2.45) is 0 Å². The summed E-state index contributed by atoms with van der Waals surface area (Å²) in [5.41, 5.74) is 2.38. The normalized spacial score (nSPS) is 17.8. The Labute approximate surface area is 258 Å². The van der Waals surface area contributed by atoms with E-state index in [1.807, 2.05) is 25.1 Å². The molecule has 5 rings (SSSR count). The van der Waals surface area contributed by atoms with Crippen molar-refractivity contribution in [3.05, 3.63) is 71.1 Å². The van der Waals surface area contributed by atoms with E-state index in [0.29, 0.717) is 35.4 Å². The van der Waals surface area contributed by atoms with Crippen LogP contribution in [0.1, 0.15) is 85.8 Å². The Morgan fingerprint density at radius 2 is 1.91 bits per heavy atom. The predicted octanol–water partition coefficient (Wildman–Crippen LogP) is 5.15. The average Bonchev–Trinajstić information content (AvgIpc) is 3.42. The molecule has 0 spiro atoms. The highest BCUT2D eigenvalue weighted by atomic mass is 16.6. The second-order valence-corrected chi connectivity index (χ2v) is 12.6. The monoisotopic (exact) mass is 605 g/mol. The number of benzene rings is 1. The maximum atomic E-state index is 13.3. The van der Waals surface area contributed by atoms with E-state index in [0.717, 1.165) is 29.7 Å². The smallest absolute Gasteiger partial charge is 0.410 e. The summed E-state index contributed by atoms with van der Waals surface area (Å²) in [7, 11) is 0. The molecular formula is C33H43N5O6. The van der Waals surface area contributed by atoms with Gasteiger partial charge in [0.2, 0.25) is 0 Å². The van der Waals surface area contributed by atoms with E-state index in [1.54, 1.807) is 39.1 Å². The molecule has 0 unspecified atom stereocenters. The molecule has 1 aliphatic carbocycles. The maximum Gasteiger partial charge on any atom is 0.410 e. The lowest BCUT2D eigenvalue weighted by Crippen LogP contribution is -2.54. The number of carbonyl (C=O) groups is 2. The Morgan fingerprint density at radius 3 is 2.64 bits per heavy atom. The van der Waals surface area contributed by atoms with Gasteiger partial charge in [-0.2, -0.15) is 0 Å². The number of amides is 2. The summed E-state index contributed by atoms with van der Waals surface area (Å²) >= 11 is 0. The van der Waals surface area contributed by atoms with Gasteiger partial charge in [-0.3, -0.25) is 9.69 Å². The molecule has 2 aliphatic rings. The number of fused-ring (bicyclic) bond motifs is 1. The van der Waals surface area contributed by atoms with Crippen molar-refractivity contribution in [1.82, 2.24) is 20.2 Å². The minimum absolute atomic E-state index is 0.0381. The Morgan fingerprint density at radius 1 is 1.11 bits per heavy atom. The van der Waals surface area contributed by atoms with Crippen LogP contribution in [0.5, 0.6) is 5.75 Å². The number of nitrogens with one attached hydrogen (secondary N) is 2. The lowest BCUT2D eigenvalue weighted by atomic mass is 9.91. The number of pyridine rings is 1. The van der Waals surface area contributed by atoms with Crippen molar-refractivity contribution in [3.63, 3.8) is 0 Å². The highest BCUT2D eigenvalue weighted by molar-refractivity contribution is 5.94. The van der Waals surface area contributed by atoms with Gasteiger partial charge in [-0.15, -0.1) is 0 Å². The molecule has 11 nitrogen and oxygen atoms in total. The van der Waals surface area contributed by atoms with Crippen LogP contribution in [0, 0.1) is 6.92 Å². The van der Waals surface area contributed by atoms with Gasteiger partial charge in [0.1, 0.15) is 23.8 Å². The van der Waals surface area contributed by atoms with E-state index < -0.39 is 23.8 Å². The van der Waals surface area contributed by atoms with Crippen LogP contribution in [0.25, 0.3) is 0 Å². The van der Waals surface area contributed by atoms with E-state index >= 15 is 0 Å². The third kappa shape index (κ3) is 8.07. The van der Waals surface area contributed by atoms with Crippen LogP contribution in [0.15, 0.2) is 47.3 Å². The zero-order valence-corrected chi connectivity index (χ0v) is 26.0. The summed E-state index contributed by atoms with van der Waals surface area (Å²) in [6, 6.07) is 8.85. The number of nitrogens with zero attached hydrogens (tertiary/aromatic N) is 3. The van der Waals surface area contributed by atoms with Crippen LogP contribution in [0.4, 0.5) is 10.6 Å². The first kappa shape index (κ1) is 31.3. The van der Waals surface area contributed by atoms with Crippen LogP contribution in [-0.2, 0) is 24.3 Å². The standard InChI is InChI=1S/C33H43N5O6/c1-21-29(43-20-36-21)19-42-26-11-10-22-15-27(38(18-24(22)14-26)32(41)44-33(2,3)4)28(39)17-35-31(40)23-12-13-34-30(16-23)37-25-8-6-5-7-9-25/h10-14,16,20,25,27-28,39H,5-9,15,17-19H2,1-4H3,(H,34,37)(H,35,40)/t27-,28+/m0/s1. The topological polar surface area (TPSA) is 139 Å². The number of aryl methyl sites for hydroxylation is 1. The van der Waals surface area contributed by atoms with Crippen molar-refractivity contribution in [2.45, 2.75) is 103 Å². The van der Waals surface area contributed by atoms with Gasteiger partial charge in [0.15, 0.2) is 12.2 Å². The number of aromatic nitrogens is 2. The summed E-state index contributed by atoms with van der Waals surface area (Å²) in [6.07, 6.45) is 7.66. The molecule has 1 aromatic carbocycles. The predicted molar refractivity (Wildman–Crippen MR) is 164 cm³/mol. The molecule has 2 atom stereocenters. The first-order valence-corrected chi connectivity index (χ1v) is 15.4. The van der Waals surface area contributed by atoms with Gasteiger partial charge in [-0.25, -0.2) is 14.8 Å². The fourth-order valence-corrected chi connectivity index (χ4v) is 5.69. The van der Waals surface area contributed by atoms with Crippen molar-refractivity contribution in [2.75, 3.05) is 11.9 Å². The number of hydrogen-bond donors (Lipinski definition) is 3. The van der Waals surface area contributed by atoms with E-state index in [2.05, 4.69) is 20.6 Å². The molecule has 3 N–H and O–H groups in total. The maximum absolute atomic E-state index is 13.3. The van der Waals surface area contributed by atoms with Crippen LogP contribution < -0.4 is 15.4 Å². The Bertz CT molecular complexity index is 1440. The van der Waals surface area contributed by atoms with E-state index in [4.69, 9.17) is 13.9 Å². The molecule has 44 heavy (non-hydrogen) atoms. The molecule has 1 saturated carbocycles. The number of hydrogen-bond acceptors (Lipinski definition) is 9. The van der Waals surface area contributed by atoms with E-state index in [1.165, 1.54) is 30.6 Å². The van der Waals surface area contributed by atoms with Gasteiger partial charge in [0, 0.05) is 30.9 Å². The molecule has 3 aromatic rings. The van der Waals surface area contributed by atoms with Crippen LogP contribution >= 0.6 is 0 Å². The van der Waals surface area contributed by atoms with Gasteiger partial charge in [-0.1, -0.05) is 25.3 Å². The third-order valence-electron chi connectivity index (χ3n) is 8.09. The Kier molecular flexibility index (Phi) is 9.73. The van der Waals surface area contributed by atoms with E-state index in [-0.39, 0.29) is 25.6 Å². The minimum Gasteiger partial charge on any atom is -0.486 e. The number of carbonyl (C=O) groups excluding carboxylic acids is 2. The van der Waals surface area contributed by atoms with Crippen molar-refractivity contribution < 1.29 is 28.6 Å². The summed E-state index contributed by atoms with van der Waals surface area (Å²) in [5, 5.41) is 17.6. The molecule has 0 bridgehead atoms. The Balaban J connectivity index is 1.25. The molecule has 11 heteroatoms. The number of aliphatic hydroxyl groups is 1. The first-order valence-electron chi connectivity index (χ1n) is 15.4. The van der Waals surface area contributed by atoms with Gasteiger partial charge in [0.25, 0.3) is 5.91 Å². The summed E-state index contributed by atoms with van der Waals surface area (Å²) in [6.45, 7) is 7.68. The zero-order valence-electron chi connectivity index (χ0n) is 26.0. The first-order chi connectivity index (χ1) is 21.1. The molecule has 236 valence electrons. The lowest BCUT2D eigenvalue weighted by Gasteiger charge is -2.40. The molecule has 0 radical (unpaired) electrons. The van der Waals surface area contributed by atoms with Gasteiger partial charge in [-0.05, 0) is 82.3 Å². The van der Waals surface area contributed by atoms with Crippen LogP contribution in [0.3, 0.4) is 0 Å². The SMILES string of the molecule is Cc1ncoc1COc1ccc2c(c1)CN(C(=O)OC(C)(C)C)[C@H]([C@H](O)CNC(=O)c1ccnc(NC3CCCCC3)c1)C2. The number of rotatable bonds is 9. The minimum atomic E-state index is -1.04. The second-order valence-electron chi connectivity index (χ2n) is 12.6. The van der Waals surface area contributed by atoms with Crippen molar-refractivity contribution >= 4 is 17.8 Å². The molecule has 2 aromatic heterocycles. The molecule has 1 aliphatic heterocycles. The average molecular weight is 606 g/mol. The van der Waals surface area contributed by atoms with Crippen molar-refractivity contribution in [1.29, 1.82) is 0 Å². The Hall–Kier alpha value is -4.12. The summed E-state index contributed by atoms with van der Waals surface area (Å²) in [4.78, 5) is 36.4. The second kappa shape index (κ2) is 13.7. The highest BCUT2D eigenvalue weighted by Crippen LogP contribution is 2.30. The van der Waals surface area contributed by atoms with Gasteiger partial charge < -0.3 is 29.6 Å².